The Kier molecular flexibility index (Phi) is 5.79. The highest BCUT2D eigenvalue weighted by Gasteiger charge is 2.49. The van der Waals surface area contributed by atoms with Crippen LogP contribution in [-0.2, 0) is 14.3 Å². The van der Waals surface area contributed by atoms with E-state index >= 15 is 0 Å². The van der Waals surface area contributed by atoms with Crippen molar-refractivity contribution in [2.24, 2.45) is 0 Å². The lowest BCUT2D eigenvalue weighted by molar-refractivity contribution is -0.146. The van der Waals surface area contributed by atoms with Crippen molar-refractivity contribution >= 4 is 35.3 Å². The molecule has 0 spiro atoms. The molecule has 2 rings (SSSR count). The van der Waals surface area contributed by atoms with Crippen molar-refractivity contribution in [1.82, 2.24) is 10.2 Å². The maximum atomic E-state index is 12.4. The Morgan fingerprint density at radius 2 is 1.84 bits per heavy atom. The average Bonchev–Trinajstić information content (AvgIpc) is 2.84. The summed E-state index contributed by atoms with van der Waals surface area (Å²) in [7, 11) is 0. The van der Waals surface area contributed by atoms with Gasteiger partial charge in [-0.05, 0) is 25.0 Å². The summed E-state index contributed by atoms with van der Waals surface area (Å²) in [5.74, 6) is -1.77. The molecule has 1 heterocycles. The van der Waals surface area contributed by atoms with Crippen molar-refractivity contribution < 1.29 is 23.9 Å². The van der Waals surface area contributed by atoms with Gasteiger partial charge in [0.2, 0.25) is 5.78 Å². The monoisotopic (exact) mass is 366 g/mol. The van der Waals surface area contributed by atoms with Crippen LogP contribution in [0.3, 0.4) is 0 Å². The Bertz CT molecular complexity index is 715. The van der Waals surface area contributed by atoms with Gasteiger partial charge in [-0.15, -0.1) is 0 Å². The fourth-order valence-electron chi connectivity index (χ4n) is 2.63. The molecule has 0 atom stereocenters. The minimum Gasteiger partial charge on any atom is -0.456 e. The number of amides is 3. The van der Waals surface area contributed by atoms with Gasteiger partial charge in [-0.3, -0.25) is 19.3 Å². The first kappa shape index (κ1) is 18.9. The van der Waals surface area contributed by atoms with Crippen LogP contribution >= 0.6 is 11.6 Å². The summed E-state index contributed by atoms with van der Waals surface area (Å²) in [6.07, 6.45) is 0.842. The summed E-state index contributed by atoms with van der Waals surface area (Å²) in [4.78, 5) is 49.1. The maximum Gasteiger partial charge on any atom is 0.326 e. The van der Waals surface area contributed by atoms with Crippen LogP contribution in [0, 0.1) is 0 Å². The Labute approximate surface area is 150 Å². The first-order valence-corrected chi connectivity index (χ1v) is 8.30. The van der Waals surface area contributed by atoms with Crippen molar-refractivity contribution in [3.8, 4) is 0 Å². The largest absolute Gasteiger partial charge is 0.456 e. The van der Waals surface area contributed by atoms with Gasteiger partial charge in [0.25, 0.3) is 5.91 Å². The molecule has 0 aliphatic carbocycles. The fraction of sp³-hybridized carbons (Fsp3) is 0.412. The minimum atomic E-state index is -0.981. The van der Waals surface area contributed by atoms with Crippen molar-refractivity contribution in [1.29, 1.82) is 0 Å². The first-order valence-electron chi connectivity index (χ1n) is 7.92. The highest BCUT2D eigenvalue weighted by atomic mass is 35.5. The lowest BCUT2D eigenvalue weighted by atomic mass is 9.93. The molecular formula is C17H19ClN2O5. The second-order valence-corrected chi connectivity index (χ2v) is 6.08. The van der Waals surface area contributed by atoms with Crippen molar-refractivity contribution in [3.05, 3.63) is 34.9 Å². The van der Waals surface area contributed by atoms with Crippen molar-refractivity contribution in [2.45, 2.75) is 32.2 Å². The van der Waals surface area contributed by atoms with Crippen molar-refractivity contribution in [2.75, 3.05) is 13.2 Å². The minimum absolute atomic E-state index is 0.239. The number of benzene rings is 1. The third-order valence-electron chi connectivity index (χ3n) is 4.28. The number of Topliss-reactive ketones (excluding diaryl/α,β-unsaturated/α-hetero) is 1. The van der Waals surface area contributed by atoms with E-state index in [1.807, 2.05) is 0 Å². The molecule has 3 amide bonds. The number of hydrogen-bond acceptors (Lipinski definition) is 5. The smallest absolute Gasteiger partial charge is 0.326 e. The highest BCUT2D eigenvalue weighted by Crippen LogP contribution is 2.24. The van der Waals surface area contributed by atoms with Crippen LogP contribution in [0.5, 0.6) is 0 Å². The van der Waals surface area contributed by atoms with Crippen molar-refractivity contribution in [3.63, 3.8) is 0 Å². The zero-order chi connectivity index (χ0) is 18.6. The Hall–Kier alpha value is -2.41. The number of hydrogen-bond donors (Lipinski definition) is 1. The molecule has 1 aromatic rings. The second kappa shape index (κ2) is 7.65. The van der Waals surface area contributed by atoms with E-state index in [9.17, 15) is 19.2 Å². The maximum absolute atomic E-state index is 12.4. The summed E-state index contributed by atoms with van der Waals surface area (Å²) in [5.41, 5.74) is -0.743. The van der Waals surface area contributed by atoms with Crippen LogP contribution in [0.1, 0.15) is 37.0 Å². The number of urea groups is 1. The number of imide groups is 1. The number of ketones is 1. The quantitative estimate of drug-likeness (QED) is 0.453. The summed E-state index contributed by atoms with van der Waals surface area (Å²) in [6, 6.07) is 5.76. The normalized spacial score (nSPS) is 15.9. The number of rotatable bonds is 7. The van der Waals surface area contributed by atoms with Crippen LogP contribution in [0.15, 0.2) is 24.3 Å². The van der Waals surface area contributed by atoms with Gasteiger partial charge >= 0.3 is 12.0 Å². The first-order chi connectivity index (χ1) is 11.8. The topological polar surface area (TPSA) is 92.8 Å². The molecule has 0 aromatic heterocycles. The average molecular weight is 367 g/mol. The number of halogens is 1. The Morgan fingerprint density at radius 3 is 2.40 bits per heavy atom. The molecule has 0 radical (unpaired) electrons. The summed E-state index contributed by atoms with van der Waals surface area (Å²) in [5, 5.41) is 2.87. The lowest BCUT2D eigenvalue weighted by Crippen LogP contribution is -2.46. The van der Waals surface area contributed by atoms with E-state index in [4.69, 9.17) is 16.3 Å². The molecule has 0 saturated carbocycles. The zero-order valence-electron chi connectivity index (χ0n) is 14.0. The molecule has 7 nitrogen and oxygen atoms in total. The van der Waals surface area contributed by atoms with E-state index in [0.29, 0.717) is 12.8 Å². The predicted molar refractivity (Wildman–Crippen MR) is 90.3 cm³/mol. The van der Waals surface area contributed by atoms with Crippen LogP contribution in [0.4, 0.5) is 4.79 Å². The molecule has 1 N–H and O–H groups in total. The Balaban J connectivity index is 1.95. The lowest BCUT2D eigenvalue weighted by Gasteiger charge is -2.22. The van der Waals surface area contributed by atoms with Gasteiger partial charge in [0.1, 0.15) is 12.1 Å². The fourth-order valence-corrected chi connectivity index (χ4v) is 2.88. The SMILES string of the molecule is CCC1(CC)NC(=O)N(CC(=O)OCC(=O)c2ccccc2Cl)C1=O. The van der Waals surface area contributed by atoms with Gasteiger partial charge in [0, 0.05) is 5.56 Å². The van der Waals surface area contributed by atoms with Gasteiger partial charge in [-0.25, -0.2) is 4.79 Å². The molecule has 1 aliphatic heterocycles. The third kappa shape index (κ3) is 3.82. The molecule has 1 fully saturated rings. The number of nitrogens with zero attached hydrogens (tertiary/aromatic N) is 1. The van der Waals surface area contributed by atoms with Crippen LogP contribution in [0.2, 0.25) is 5.02 Å². The van der Waals surface area contributed by atoms with Gasteiger partial charge in [-0.2, -0.15) is 0 Å². The standard InChI is InChI=1S/C17H19ClN2O5/c1-3-17(4-2)15(23)20(16(24)19-17)9-14(22)25-10-13(21)11-7-5-6-8-12(11)18/h5-8H,3-4,9-10H2,1-2H3,(H,19,24). The van der Waals surface area contributed by atoms with E-state index in [1.54, 1.807) is 32.0 Å². The second-order valence-electron chi connectivity index (χ2n) is 5.67. The molecule has 1 aliphatic rings. The van der Waals surface area contributed by atoms with E-state index < -0.39 is 42.4 Å². The van der Waals surface area contributed by atoms with E-state index in [-0.39, 0.29) is 10.6 Å². The number of carbonyl (C=O) groups is 4. The molecule has 1 aromatic carbocycles. The van der Waals surface area contributed by atoms with E-state index in [2.05, 4.69) is 5.32 Å². The third-order valence-corrected chi connectivity index (χ3v) is 4.61. The summed E-state index contributed by atoms with van der Waals surface area (Å²) >= 11 is 5.91. The molecule has 8 heteroatoms. The van der Waals surface area contributed by atoms with Gasteiger partial charge < -0.3 is 10.1 Å². The van der Waals surface area contributed by atoms with Crippen LogP contribution in [-0.4, -0.2) is 47.3 Å². The van der Waals surface area contributed by atoms with Crippen LogP contribution in [0.25, 0.3) is 0 Å². The molecule has 25 heavy (non-hydrogen) atoms. The summed E-state index contributed by atoms with van der Waals surface area (Å²) in [6.45, 7) is 2.51. The number of nitrogens with one attached hydrogen (secondary N) is 1. The van der Waals surface area contributed by atoms with Gasteiger partial charge in [-0.1, -0.05) is 37.6 Å². The predicted octanol–water partition coefficient (Wildman–Crippen LogP) is 2.18. The van der Waals surface area contributed by atoms with E-state index in [1.165, 1.54) is 6.07 Å². The Morgan fingerprint density at radius 1 is 1.20 bits per heavy atom. The van der Waals surface area contributed by atoms with Crippen LogP contribution < -0.4 is 5.32 Å². The molecule has 0 unspecified atom stereocenters. The van der Waals surface area contributed by atoms with Gasteiger partial charge in [0.05, 0.1) is 5.02 Å². The van der Waals surface area contributed by atoms with Gasteiger partial charge in [0.15, 0.2) is 6.61 Å². The molecule has 1 saturated heterocycles. The zero-order valence-corrected chi connectivity index (χ0v) is 14.8. The molecule has 0 bridgehead atoms. The number of esters is 1. The number of carbonyl (C=O) groups excluding carboxylic acids is 4. The van der Waals surface area contributed by atoms with E-state index in [0.717, 1.165) is 4.90 Å². The molecular weight excluding hydrogens is 348 g/mol. The summed E-state index contributed by atoms with van der Waals surface area (Å²) < 4.78 is 4.89. The highest BCUT2D eigenvalue weighted by molar-refractivity contribution is 6.34. The number of ether oxygens (including phenoxy) is 1. The molecule has 134 valence electrons.